The van der Waals surface area contributed by atoms with Crippen LogP contribution < -0.4 is 5.32 Å². The molecule has 0 heterocycles. The van der Waals surface area contributed by atoms with E-state index in [9.17, 15) is 13.2 Å². The zero-order valence-corrected chi connectivity index (χ0v) is 14.3. The van der Waals surface area contributed by atoms with Crippen molar-refractivity contribution < 1.29 is 13.2 Å². The number of benzene rings is 1. The first-order valence-corrected chi connectivity index (χ1v) is 9.27. The molecule has 0 spiro atoms. The molecule has 1 aromatic carbocycles. The Kier molecular flexibility index (Phi) is 4.19. The lowest BCUT2D eigenvalue weighted by Crippen LogP contribution is -2.45. The Morgan fingerprint density at radius 2 is 1.95 bits per heavy atom. The smallest absolute Gasteiger partial charge is 0.261 e. The highest BCUT2D eigenvalue weighted by atomic mass is 79.9. The Balaban J connectivity index is 2.28. The van der Waals surface area contributed by atoms with Gasteiger partial charge in [0.05, 0.1) is 4.90 Å². The van der Waals surface area contributed by atoms with Crippen LogP contribution in [0.5, 0.6) is 0 Å². The number of carbonyl (C=O) groups is 1. The number of hydrogen-bond donors (Lipinski definition) is 1. The summed E-state index contributed by atoms with van der Waals surface area (Å²) in [7, 11) is 1.45. The highest BCUT2D eigenvalue weighted by Crippen LogP contribution is 2.39. The quantitative estimate of drug-likeness (QED) is 0.815. The van der Waals surface area contributed by atoms with Crippen molar-refractivity contribution in [1.29, 1.82) is 0 Å². The fraction of sp³-hybridized carbons (Fsp3) is 0.462. The summed E-state index contributed by atoms with van der Waals surface area (Å²) in [6.07, 6.45) is 2.21. The summed E-state index contributed by atoms with van der Waals surface area (Å²) < 4.78 is 23.2. The van der Waals surface area contributed by atoms with Crippen LogP contribution in [0.4, 0.5) is 0 Å². The maximum atomic E-state index is 12.3. The number of halogens is 2. The molecule has 1 amide bonds. The second kappa shape index (κ2) is 5.31. The summed E-state index contributed by atoms with van der Waals surface area (Å²) in [5, 5.41) is 2.94. The molecule has 4 nitrogen and oxygen atoms in total. The summed E-state index contributed by atoms with van der Waals surface area (Å²) in [5.74, 6) is 0.180. The minimum atomic E-state index is -3.87. The van der Waals surface area contributed by atoms with E-state index in [4.69, 9.17) is 10.7 Å². The Hall–Kier alpha value is -0.590. The second-order valence-corrected chi connectivity index (χ2v) is 9.05. The minimum absolute atomic E-state index is 0.0945. The lowest BCUT2D eigenvalue weighted by Gasteiger charge is -2.26. The molecular weight excluding hydrogens is 366 g/mol. The summed E-state index contributed by atoms with van der Waals surface area (Å²) in [6, 6.07) is 4.22. The summed E-state index contributed by atoms with van der Waals surface area (Å²) in [5.41, 5.74) is -0.0216. The molecule has 0 atom stereocenters. The third-order valence-corrected chi connectivity index (χ3v) is 5.24. The van der Waals surface area contributed by atoms with Crippen molar-refractivity contribution in [2.75, 3.05) is 0 Å². The van der Waals surface area contributed by atoms with Crippen LogP contribution in [0.3, 0.4) is 0 Å². The van der Waals surface area contributed by atoms with E-state index in [1.165, 1.54) is 12.1 Å². The molecule has 20 heavy (non-hydrogen) atoms. The van der Waals surface area contributed by atoms with Crippen LogP contribution in [-0.4, -0.2) is 19.9 Å². The molecule has 110 valence electrons. The van der Waals surface area contributed by atoms with E-state index in [-0.39, 0.29) is 21.9 Å². The van der Waals surface area contributed by atoms with Crippen molar-refractivity contribution in [3.05, 3.63) is 28.2 Å². The number of nitrogens with one attached hydrogen (secondary N) is 1. The average Bonchev–Trinajstić information content (AvgIpc) is 3.10. The lowest BCUT2D eigenvalue weighted by molar-refractivity contribution is 0.0903. The van der Waals surface area contributed by atoms with Crippen molar-refractivity contribution in [2.24, 2.45) is 5.92 Å². The first kappa shape index (κ1) is 15.8. The number of carbonyl (C=O) groups excluding carboxylic acids is 1. The molecule has 7 heteroatoms. The van der Waals surface area contributed by atoms with Crippen molar-refractivity contribution in [3.63, 3.8) is 0 Å². The summed E-state index contributed by atoms with van der Waals surface area (Å²) >= 11 is 3.19. The van der Waals surface area contributed by atoms with Gasteiger partial charge in [-0.2, -0.15) is 0 Å². The van der Waals surface area contributed by atoms with E-state index in [1.807, 2.05) is 13.8 Å². The van der Waals surface area contributed by atoms with E-state index in [2.05, 4.69) is 21.2 Å². The van der Waals surface area contributed by atoms with Gasteiger partial charge in [0.2, 0.25) is 0 Å². The van der Waals surface area contributed by atoms with Crippen molar-refractivity contribution in [1.82, 2.24) is 5.32 Å². The topological polar surface area (TPSA) is 63.2 Å². The zero-order valence-electron chi connectivity index (χ0n) is 11.1. The summed E-state index contributed by atoms with van der Waals surface area (Å²) in [6.45, 7) is 3.94. The Bertz CT molecular complexity index is 654. The predicted molar refractivity (Wildman–Crippen MR) is 81.5 cm³/mol. The molecule has 1 saturated carbocycles. The Morgan fingerprint density at radius 1 is 1.35 bits per heavy atom. The zero-order chi connectivity index (χ0) is 15.1. The molecule has 1 aliphatic carbocycles. The molecule has 0 saturated heterocycles. The summed E-state index contributed by atoms with van der Waals surface area (Å²) in [4.78, 5) is 12.2. The molecule has 0 unspecified atom stereocenters. The van der Waals surface area contributed by atoms with Gasteiger partial charge < -0.3 is 5.32 Å². The van der Waals surface area contributed by atoms with Crippen molar-refractivity contribution in [3.8, 4) is 0 Å². The monoisotopic (exact) mass is 379 g/mol. The van der Waals surface area contributed by atoms with Crippen LogP contribution in [0.2, 0.25) is 0 Å². The standard InChI is InChI=1S/C13H15BrClNO3S/c1-13(2,9-3-4-9)16-12(17)8-5-10(14)7-11(6-8)20(15,18)19/h5-7,9H,3-4H2,1-2H3,(H,16,17). The maximum Gasteiger partial charge on any atom is 0.261 e. The van der Waals surface area contributed by atoms with Gasteiger partial charge in [0.1, 0.15) is 0 Å². The van der Waals surface area contributed by atoms with Gasteiger partial charge in [0.15, 0.2) is 0 Å². The highest BCUT2D eigenvalue weighted by Gasteiger charge is 2.38. The maximum absolute atomic E-state index is 12.3. The van der Waals surface area contributed by atoms with Crippen LogP contribution in [0.15, 0.2) is 27.6 Å². The first-order chi connectivity index (χ1) is 9.09. The molecule has 0 radical (unpaired) electrons. The van der Waals surface area contributed by atoms with Crippen LogP contribution >= 0.6 is 26.6 Å². The van der Waals surface area contributed by atoms with Crippen LogP contribution in [0, 0.1) is 5.92 Å². The van der Waals surface area contributed by atoms with Crippen LogP contribution in [0.1, 0.15) is 37.0 Å². The normalized spacial score (nSPS) is 16.0. The van der Waals surface area contributed by atoms with Gasteiger partial charge in [0.25, 0.3) is 15.0 Å². The fourth-order valence-corrected chi connectivity index (χ4v) is 3.55. The van der Waals surface area contributed by atoms with Crippen molar-refractivity contribution >= 4 is 41.6 Å². The van der Waals surface area contributed by atoms with E-state index in [0.29, 0.717) is 10.4 Å². The van der Waals surface area contributed by atoms with Crippen molar-refractivity contribution in [2.45, 2.75) is 37.1 Å². The first-order valence-electron chi connectivity index (χ1n) is 6.17. The number of rotatable bonds is 4. The predicted octanol–water partition coefficient (Wildman–Crippen LogP) is 3.30. The van der Waals surface area contributed by atoms with Gasteiger partial charge in [0, 0.05) is 26.3 Å². The van der Waals surface area contributed by atoms with Crippen LogP contribution in [0.25, 0.3) is 0 Å². The third-order valence-electron chi connectivity index (χ3n) is 3.45. The molecule has 1 aliphatic rings. The van der Waals surface area contributed by atoms with Gasteiger partial charge in [-0.05, 0) is 50.8 Å². The molecule has 0 bridgehead atoms. The molecule has 2 rings (SSSR count). The van der Waals surface area contributed by atoms with Gasteiger partial charge in [-0.1, -0.05) is 15.9 Å². The van der Waals surface area contributed by atoms with Gasteiger partial charge >= 0.3 is 0 Å². The molecule has 0 aliphatic heterocycles. The van der Waals surface area contributed by atoms with Gasteiger partial charge in [-0.3, -0.25) is 4.79 Å². The molecule has 1 aromatic rings. The number of hydrogen-bond acceptors (Lipinski definition) is 3. The number of amides is 1. The van der Waals surface area contributed by atoms with E-state index >= 15 is 0 Å². The lowest BCUT2D eigenvalue weighted by atomic mass is 9.98. The average molecular weight is 381 g/mol. The van der Waals surface area contributed by atoms with E-state index in [1.54, 1.807) is 6.07 Å². The molecular formula is C13H15BrClNO3S. The fourth-order valence-electron chi connectivity index (χ4n) is 2.11. The third kappa shape index (κ3) is 3.74. The van der Waals surface area contributed by atoms with Crippen LogP contribution in [-0.2, 0) is 9.05 Å². The molecule has 1 N–H and O–H groups in total. The SMILES string of the molecule is CC(C)(NC(=O)c1cc(Br)cc(S(=O)(=O)Cl)c1)C1CC1. The minimum Gasteiger partial charge on any atom is -0.347 e. The van der Waals surface area contributed by atoms with Gasteiger partial charge in [-0.25, -0.2) is 8.42 Å². The Morgan fingerprint density at radius 3 is 2.45 bits per heavy atom. The second-order valence-electron chi connectivity index (χ2n) is 5.56. The van der Waals surface area contributed by atoms with E-state index < -0.39 is 9.05 Å². The highest BCUT2D eigenvalue weighted by molar-refractivity contribution is 9.10. The van der Waals surface area contributed by atoms with Gasteiger partial charge in [-0.15, -0.1) is 0 Å². The Labute approximate surface area is 131 Å². The van der Waals surface area contributed by atoms with E-state index in [0.717, 1.165) is 12.8 Å². The largest absolute Gasteiger partial charge is 0.347 e. The molecule has 0 aromatic heterocycles. The molecule has 1 fully saturated rings.